The number of rotatable bonds is 5. The second kappa shape index (κ2) is 4.77. The van der Waals surface area contributed by atoms with Gasteiger partial charge in [-0.25, -0.2) is 0 Å². The number of nitrogens with zero attached hydrogens (tertiary/aromatic N) is 1. The van der Waals surface area contributed by atoms with Crippen LogP contribution in [0.1, 0.15) is 33.1 Å². The van der Waals surface area contributed by atoms with Gasteiger partial charge >= 0.3 is 0 Å². The first-order chi connectivity index (χ1) is 6.57. The van der Waals surface area contributed by atoms with Crippen LogP contribution in [0.25, 0.3) is 0 Å². The molecule has 14 heavy (non-hydrogen) atoms. The molecule has 1 rings (SSSR count). The van der Waals surface area contributed by atoms with Crippen molar-refractivity contribution in [2.75, 3.05) is 13.7 Å². The van der Waals surface area contributed by atoms with Gasteiger partial charge in [-0.1, -0.05) is 0 Å². The van der Waals surface area contributed by atoms with Crippen molar-refractivity contribution in [3.8, 4) is 6.07 Å². The first kappa shape index (κ1) is 11.5. The molecule has 1 N–H and O–H groups in total. The summed E-state index contributed by atoms with van der Waals surface area (Å²) in [5.74, 6) is 0. The monoisotopic (exact) mass is 196 g/mol. The molecule has 0 radical (unpaired) electrons. The van der Waals surface area contributed by atoms with Crippen molar-refractivity contribution in [2.45, 2.75) is 45.3 Å². The Morgan fingerprint density at radius 2 is 2.14 bits per heavy atom. The van der Waals surface area contributed by atoms with Crippen molar-refractivity contribution in [1.29, 1.82) is 5.26 Å². The predicted molar refractivity (Wildman–Crippen MR) is 55.8 cm³/mol. The maximum absolute atomic E-state index is 8.81. The van der Waals surface area contributed by atoms with Gasteiger partial charge in [0.15, 0.2) is 0 Å². The highest BCUT2D eigenvalue weighted by Gasteiger charge is 2.28. The van der Waals surface area contributed by atoms with Crippen LogP contribution in [0.2, 0.25) is 0 Å². The molecule has 0 bridgehead atoms. The van der Waals surface area contributed by atoms with Gasteiger partial charge in [-0.2, -0.15) is 5.26 Å². The molecule has 1 aliphatic rings. The Hall–Kier alpha value is -0.590. The zero-order chi connectivity index (χ0) is 10.6. The highest BCUT2D eigenvalue weighted by Crippen LogP contribution is 2.23. The third-order valence-corrected chi connectivity index (χ3v) is 2.91. The summed E-state index contributed by atoms with van der Waals surface area (Å²) in [6, 6.07) is 2.91. The molecule has 0 atom stereocenters. The minimum Gasteiger partial charge on any atom is -0.381 e. The Labute approximate surface area is 86.4 Å². The summed E-state index contributed by atoms with van der Waals surface area (Å²) in [4.78, 5) is 0. The zero-order valence-corrected chi connectivity index (χ0v) is 9.34. The lowest BCUT2D eigenvalue weighted by molar-refractivity contribution is 0.0171. The second-order valence-corrected chi connectivity index (χ2v) is 4.73. The third-order valence-electron chi connectivity index (χ3n) is 2.91. The van der Waals surface area contributed by atoms with Gasteiger partial charge in [-0.3, -0.25) is 0 Å². The molecular weight excluding hydrogens is 176 g/mol. The molecule has 1 fully saturated rings. The van der Waals surface area contributed by atoms with Gasteiger partial charge in [-0.15, -0.1) is 0 Å². The predicted octanol–water partition coefficient (Wildman–Crippen LogP) is 1.69. The van der Waals surface area contributed by atoms with E-state index in [-0.39, 0.29) is 5.41 Å². The molecule has 3 heteroatoms. The molecule has 1 aliphatic carbocycles. The standard InChI is InChI=1S/C11H20N2O/c1-11(2,8-12)4-5-13-9-6-10(7-9)14-3/h9-10,13H,4-7H2,1-3H3. The van der Waals surface area contributed by atoms with E-state index in [1.807, 2.05) is 13.8 Å². The van der Waals surface area contributed by atoms with Gasteiger partial charge in [0.05, 0.1) is 17.6 Å². The van der Waals surface area contributed by atoms with Crippen molar-refractivity contribution in [1.82, 2.24) is 5.32 Å². The molecule has 0 spiro atoms. The second-order valence-electron chi connectivity index (χ2n) is 4.73. The summed E-state index contributed by atoms with van der Waals surface area (Å²) in [5.41, 5.74) is -0.197. The lowest BCUT2D eigenvalue weighted by Gasteiger charge is -2.35. The van der Waals surface area contributed by atoms with E-state index in [0.29, 0.717) is 12.1 Å². The number of ether oxygens (including phenoxy) is 1. The molecule has 0 unspecified atom stereocenters. The summed E-state index contributed by atoms with van der Waals surface area (Å²) in [7, 11) is 1.76. The van der Waals surface area contributed by atoms with E-state index >= 15 is 0 Å². The van der Waals surface area contributed by atoms with Crippen molar-refractivity contribution < 1.29 is 4.74 Å². The topological polar surface area (TPSA) is 45.0 Å². The van der Waals surface area contributed by atoms with Crippen LogP contribution in [0.3, 0.4) is 0 Å². The van der Waals surface area contributed by atoms with Crippen LogP contribution in [0.5, 0.6) is 0 Å². The average Bonchev–Trinajstić information content (AvgIpc) is 2.09. The fourth-order valence-electron chi connectivity index (χ4n) is 1.57. The molecule has 3 nitrogen and oxygen atoms in total. The largest absolute Gasteiger partial charge is 0.381 e. The van der Waals surface area contributed by atoms with Crippen LogP contribution < -0.4 is 5.32 Å². The molecule has 0 aliphatic heterocycles. The lowest BCUT2D eigenvalue weighted by atomic mass is 9.87. The lowest BCUT2D eigenvalue weighted by Crippen LogP contribution is -2.45. The van der Waals surface area contributed by atoms with Crippen LogP contribution >= 0.6 is 0 Å². The van der Waals surface area contributed by atoms with Crippen LogP contribution in [0.4, 0.5) is 0 Å². The molecule has 0 aromatic carbocycles. The number of hydrogen-bond acceptors (Lipinski definition) is 3. The Balaban J connectivity index is 2.04. The highest BCUT2D eigenvalue weighted by molar-refractivity contribution is 4.93. The molecule has 0 saturated heterocycles. The third kappa shape index (κ3) is 3.28. The summed E-state index contributed by atoms with van der Waals surface area (Å²) >= 11 is 0. The molecule has 0 aromatic rings. The van der Waals surface area contributed by atoms with Gasteiger partial charge in [0.25, 0.3) is 0 Å². The van der Waals surface area contributed by atoms with Crippen LogP contribution in [0, 0.1) is 16.7 Å². The summed E-state index contributed by atoms with van der Waals surface area (Å²) < 4.78 is 5.19. The fraction of sp³-hybridized carbons (Fsp3) is 0.909. The van der Waals surface area contributed by atoms with Crippen molar-refractivity contribution in [3.05, 3.63) is 0 Å². The van der Waals surface area contributed by atoms with Crippen molar-refractivity contribution in [3.63, 3.8) is 0 Å². The fourth-order valence-corrected chi connectivity index (χ4v) is 1.57. The zero-order valence-electron chi connectivity index (χ0n) is 9.34. The van der Waals surface area contributed by atoms with Gasteiger partial charge in [-0.05, 0) is 39.7 Å². The Bertz CT molecular complexity index is 214. The SMILES string of the molecule is COC1CC(NCCC(C)(C)C#N)C1. The minimum atomic E-state index is -0.197. The maximum Gasteiger partial charge on any atom is 0.0684 e. The van der Waals surface area contributed by atoms with E-state index in [1.54, 1.807) is 7.11 Å². The van der Waals surface area contributed by atoms with Crippen molar-refractivity contribution >= 4 is 0 Å². The number of hydrogen-bond donors (Lipinski definition) is 1. The van der Waals surface area contributed by atoms with Crippen molar-refractivity contribution in [2.24, 2.45) is 5.41 Å². The maximum atomic E-state index is 8.81. The Morgan fingerprint density at radius 3 is 2.64 bits per heavy atom. The van der Waals surface area contributed by atoms with Gasteiger partial charge < -0.3 is 10.1 Å². The van der Waals surface area contributed by atoms with E-state index in [1.165, 1.54) is 0 Å². The smallest absolute Gasteiger partial charge is 0.0684 e. The summed E-state index contributed by atoms with van der Waals surface area (Å²) in [6.45, 7) is 4.89. The van der Waals surface area contributed by atoms with E-state index in [4.69, 9.17) is 10.00 Å². The van der Waals surface area contributed by atoms with Crippen LogP contribution in [-0.4, -0.2) is 25.8 Å². The van der Waals surface area contributed by atoms with E-state index in [2.05, 4.69) is 11.4 Å². The average molecular weight is 196 g/mol. The first-order valence-electron chi connectivity index (χ1n) is 5.25. The van der Waals surface area contributed by atoms with E-state index in [9.17, 15) is 0 Å². The Morgan fingerprint density at radius 1 is 1.50 bits per heavy atom. The van der Waals surface area contributed by atoms with Crippen LogP contribution in [0.15, 0.2) is 0 Å². The quantitative estimate of drug-likeness (QED) is 0.728. The van der Waals surface area contributed by atoms with Gasteiger partial charge in [0.1, 0.15) is 0 Å². The highest BCUT2D eigenvalue weighted by atomic mass is 16.5. The molecule has 0 heterocycles. The molecule has 80 valence electrons. The molecule has 0 aromatic heterocycles. The number of nitriles is 1. The van der Waals surface area contributed by atoms with Crippen LogP contribution in [-0.2, 0) is 4.74 Å². The molecular formula is C11H20N2O. The first-order valence-corrected chi connectivity index (χ1v) is 5.25. The normalized spacial score (nSPS) is 26.7. The summed E-state index contributed by atoms with van der Waals surface area (Å²) in [5, 5.41) is 12.3. The van der Waals surface area contributed by atoms with Gasteiger partial charge in [0, 0.05) is 13.2 Å². The van der Waals surface area contributed by atoms with E-state index < -0.39 is 0 Å². The molecule has 0 amide bonds. The number of methoxy groups -OCH3 is 1. The Kier molecular flexibility index (Phi) is 3.91. The number of nitrogens with one attached hydrogen (secondary N) is 1. The van der Waals surface area contributed by atoms with Gasteiger partial charge in [0.2, 0.25) is 0 Å². The summed E-state index contributed by atoms with van der Waals surface area (Å²) in [6.07, 6.45) is 3.60. The minimum absolute atomic E-state index is 0.197. The molecule has 1 saturated carbocycles. The van der Waals surface area contributed by atoms with E-state index in [0.717, 1.165) is 25.8 Å².